The van der Waals surface area contributed by atoms with Crippen LogP contribution in [0.5, 0.6) is 0 Å². The number of carbonyl (C=O) groups excluding carboxylic acids is 1. The molecule has 0 bridgehead atoms. The van der Waals surface area contributed by atoms with Crippen LogP contribution in [-0.2, 0) is 6.42 Å². The third-order valence-electron chi connectivity index (χ3n) is 2.70. The van der Waals surface area contributed by atoms with Gasteiger partial charge in [0.25, 0.3) is 5.91 Å². The first-order valence-electron chi connectivity index (χ1n) is 6.08. The lowest BCUT2D eigenvalue weighted by Crippen LogP contribution is -2.26. The van der Waals surface area contributed by atoms with E-state index in [1.807, 2.05) is 17.5 Å². The molecule has 3 rings (SSSR count). The first kappa shape index (κ1) is 13.0. The highest BCUT2D eigenvalue weighted by atomic mass is 32.1. The number of H-pyrrole nitrogens is 1. The van der Waals surface area contributed by atoms with E-state index in [0.717, 1.165) is 22.0 Å². The molecule has 0 aromatic carbocycles. The summed E-state index contributed by atoms with van der Waals surface area (Å²) < 4.78 is 0. The summed E-state index contributed by atoms with van der Waals surface area (Å²) in [7, 11) is 0. The molecule has 1 amide bonds. The molecule has 3 aromatic heterocycles. The number of aromatic amines is 1. The van der Waals surface area contributed by atoms with E-state index in [9.17, 15) is 4.79 Å². The van der Waals surface area contributed by atoms with Crippen LogP contribution in [0.1, 0.15) is 16.2 Å². The van der Waals surface area contributed by atoms with E-state index >= 15 is 0 Å². The van der Waals surface area contributed by atoms with Crippen molar-refractivity contribution in [1.82, 2.24) is 20.3 Å². The average molecular weight is 304 g/mol. The maximum atomic E-state index is 12.0. The summed E-state index contributed by atoms with van der Waals surface area (Å²) in [5.41, 5.74) is 1.48. The van der Waals surface area contributed by atoms with Gasteiger partial charge in [0, 0.05) is 30.2 Å². The molecular formula is C13H12N4OS2. The number of carbonyl (C=O) groups is 1. The van der Waals surface area contributed by atoms with Crippen molar-refractivity contribution in [3.05, 3.63) is 46.8 Å². The first-order chi connectivity index (χ1) is 9.83. The molecule has 102 valence electrons. The van der Waals surface area contributed by atoms with Crippen LogP contribution in [0.15, 0.2) is 35.4 Å². The highest BCUT2D eigenvalue weighted by Crippen LogP contribution is 2.27. The zero-order valence-corrected chi connectivity index (χ0v) is 12.1. The van der Waals surface area contributed by atoms with Crippen LogP contribution in [0.4, 0.5) is 0 Å². The summed E-state index contributed by atoms with van der Waals surface area (Å²) in [6, 6.07) is 3.98. The molecular weight excluding hydrogens is 292 g/mol. The number of rotatable bonds is 5. The molecule has 3 heterocycles. The van der Waals surface area contributed by atoms with E-state index in [0.29, 0.717) is 12.2 Å². The van der Waals surface area contributed by atoms with E-state index in [-0.39, 0.29) is 5.91 Å². The second-order valence-electron chi connectivity index (χ2n) is 4.10. The summed E-state index contributed by atoms with van der Waals surface area (Å²) in [6.45, 7) is 0.562. The van der Waals surface area contributed by atoms with Gasteiger partial charge in [0.2, 0.25) is 0 Å². The van der Waals surface area contributed by atoms with Crippen molar-refractivity contribution < 1.29 is 4.79 Å². The maximum absolute atomic E-state index is 12.0. The number of thiazole rings is 1. The molecule has 3 aromatic rings. The lowest BCUT2D eigenvalue weighted by Gasteiger charge is -2.01. The number of nitrogens with one attached hydrogen (secondary N) is 2. The highest BCUT2D eigenvalue weighted by Gasteiger charge is 2.11. The number of nitrogens with zero attached hydrogens (tertiary/aromatic N) is 2. The van der Waals surface area contributed by atoms with Gasteiger partial charge in [-0.15, -0.1) is 22.7 Å². The number of hydrogen-bond acceptors (Lipinski definition) is 5. The fourth-order valence-corrected chi connectivity index (χ4v) is 3.33. The Balaban J connectivity index is 1.57. The summed E-state index contributed by atoms with van der Waals surface area (Å²) in [5.74, 6) is -0.136. The molecule has 0 atom stereocenters. The molecule has 7 heteroatoms. The quantitative estimate of drug-likeness (QED) is 0.761. The van der Waals surface area contributed by atoms with Crippen LogP contribution >= 0.6 is 22.7 Å². The Hall–Kier alpha value is -1.99. The predicted molar refractivity (Wildman–Crippen MR) is 80.1 cm³/mol. The van der Waals surface area contributed by atoms with E-state index in [2.05, 4.69) is 20.3 Å². The van der Waals surface area contributed by atoms with E-state index in [1.165, 1.54) is 11.3 Å². The zero-order chi connectivity index (χ0) is 13.8. The third-order valence-corrected chi connectivity index (χ3v) is 4.58. The third kappa shape index (κ3) is 2.94. The minimum Gasteiger partial charge on any atom is -0.350 e. The van der Waals surface area contributed by atoms with Crippen LogP contribution in [0.25, 0.3) is 9.88 Å². The van der Waals surface area contributed by atoms with Gasteiger partial charge < -0.3 is 10.3 Å². The van der Waals surface area contributed by atoms with Crippen molar-refractivity contribution >= 4 is 28.6 Å². The van der Waals surface area contributed by atoms with Crippen molar-refractivity contribution in [2.45, 2.75) is 6.42 Å². The molecule has 0 aliphatic rings. The van der Waals surface area contributed by atoms with E-state index < -0.39 is 0 Å². The Morgan fingerprint density at radius 1 is 1.40 bits per heavy atom. The van der Waals surface area contributed by atoms with Crippen molar-refractivity contribution in [3.8, 4) is 9.88 Å². The van der Waals surface area contributed by atoms with Gasteiger partial charge in [-0.25, -0.2) is 9.97 Å². The number of imidazole rings is 1. The normalized spacial score (nSPS) is 10.6. The van der Waals surface area contributed by atoms with Gasteiger partial charge in [-0.2, -0.15) is 0 Å². The zero-order valence-electron chi connectivity index (χ0n) is 10.5. The van der Waals surface area contributed by atoms with Crippen molar-refractivity contribution in [2.24, 2.45) is 0 Å². The maximum Gasteiger partial charge on any atom is 0.270 e. The van der Waals surface area contributed by atoms with Crippen LogP contribution in [0.2, 0.25) is 0 Å². The molecule has 0 aliphatic carbocycles. The van der Waals surface area contributed by atoms with E-state index in [4.69, 9.17) is 0 Å². The highest BCUT2D eigenvalue weighted by molar-refractivity contribution is 7.20. The second-order valence-corrected chi connectivity index (χ2v) is 5.90. The second kappa shape index (κ2) is 5.98. The van der Waals surface area contributed by atoms with Crippen LogP contribution < -0.4 is 5.32 Å². The van der Waals surface area contributed by atoms with Gasteiger partial charge in [-0.3, -0.25) is 4.79 Å². The first-order valence-corrected chi connectivity index (χ1v) is 7.84. The molecule has 2 N–H and O–H groups in total. The Morgan fingerprint density at radius 3 is 3.10 bits per heavy atom. The van der Waals surface area contributed by atoms with E-state index in [1.54, 1.807) is 29.2 Å². The summed E-state index contributed by atoms with van der Waals surface area (Å²) in [4.78, 5) is 24.4. The topological polar surface area (TPSA) is 70.7 Å². The average Bonchev–Trinajstić information content (AvgIpc) is 3.20. The van der Waals surface area contributed by atoms with Crippen molar-refractivity contribution in [2.75, 3.05) is 6.54 Å². The number of hydrogen-bond donors (Lipinski definition) is 2. The molecule has 20 heavy (non-hydrogen) atoms. The lowest BCUT2D eigenvalue weighted by molar-refractivity contribution is 0.0950. The Morgan fingerprint density at radius 2 is 2.35 bits per heavy atom. The van der Waals surface area contributed by atoms with Crippen LogP contribution in [-0.4, -0.2) is 27.4 Å². The standard InChI is InChI=1S/C13H12N4OS2/c18-12(15-4-3-9-6-14-8-16-9)10-7-20-13(17-10)11-2-1-5-19-11/h1-2,5-8H,3-4H2,(H,14,16)(H,15,18). The molecule has 0 fully saturated rings. The van der Waals surface area contributed by atoms with Gasteiger partial charge in [0.15, 0.2) is 0 Å². The van der Waals surface area contributed by atoms with Gasteiger partial charge in [0.1, 0.15) is 10.7 Å². The Bertz CT molecular complexity index is 673. The SMILES string of the molecule is O=C(NCCc1cnc[nH]1)c1csc(-c2cccs2)n1. The largest absolute Gasteiger partial charge is 0.350 e. The number of thiophene rings is 1. The van der Waals surface area contributed by atoms with Gasteiger partial charge in [-0.05, 0) is 11.4 Å². The fourth-order valence-electron chi connectivity index (χ4n) is 1.71. The Labute approximate surface area is 123 Å². The summed E-state index contributed by atoms with van der Waals surface area (Å²) >= 11 is 3.11. The van der Waals surface area contributed by atoms with Gasteiger partial charge in [0.05, 0.1) is 11.2 Å². The van der Waals surface area contributed by atoms with Gasteiger partial charge in [-0.1, -0.05) is 6.07 Å². The number of aromatic nitrogens is 3. The summed E-state index contributed by atoms with van der Waals surface area (Å²) in [5, 5.41) is 7.54. The minimum atomic E-state index is -0.136. The molecule has 5 nitrogen and oxygen atoms in total. The molecule has 0 spiro atoms. The smallest absolute Gasteiger partial charge is 0.270 e. The summed E-state index contributed by atoms with van der Waals surface area (Å²) in [6.07, 6.45) is 4.11. The van der Waals surface area contributed by atoms with Gasteiger partial charge >= 0.3 is 0 Å². The van der Waals surface area contributed by atoms with Crippen molar-refractivity contribution in [3.63, 3.8) is 0 Å². The minimum absolute atomic E-state index is 0.136. The Kier molecular flexibility index (Phi) is 3.89. The van der Waals surface area contributed by atoms with Crippen LogP contribution in [0.3, 0.4) is 0 Å². The molecule has 0 unspecified atom stereocenters. The lowest BCUT2D eigenvalue weighted by atomic mass is 10.3. The molecule has 0 saturated carbocycles. The number of amides is 1. The fraction of sp³-hybridized carbons (Fsp3) is 0.154. The monoisotopic (exact) mass is 304 g/mol. The molecule has 0 radical (unpaired) electrons. The molecule has 0 aliphatic heterocycles. The van der Waals surface area contributed by atoms with Crippen LogP contribution in [0, 0.1) is 0 Å². The predicted octanol–water partition coefficient (Wildman–Crippen LogP) is 2.57. The van der Waals surface area contributed by atoms with Crippen molar-refractivity contribution in [1.29, 1.82) is 0 Å². The molecule has 0 saturated heterocycles.